The average molecular weight is 170 g/mol. The summed E-state index contributed by atoms with van der Waals surface area (Å²) in [5.74, 6) is 0.778. The van der Waals surface area contributed by atoms with Gasteiger partial charge in [0.15, 0.2) is 0 Å². The van der Waals surface area contributed by atoms with E-state index < -0.39 is 0 Å². The molecule has 1 fully saturated rings. The number of hydrogen-bond donors (Lipinski definition) is 1. The zero-order valence-electron chi connectivity index (χ0n) is 7.92. The Hall–Kier alpha value is -0.570. The summed E-state index contributed by atoms with van der Waals surface area (Å²) in [6.07, 6.45) is 3.24. The SMILES string of the molecule is CCCC(N)=NC1CCOC1C. The van der Waals surface area contributed by atoms with Gasteiger partial charge in [-0.1, -0.05) is 6.92 Å². The number of nitrogens with two attached hydrogens (primary N) is 1. The first-order chi connectivity index (χ1) is 5.74. The molecule has 0 saturated carbocycles. The third kappa shape index (κ3) is 2.48. The maximum Gasteiger partial charge on any atom is 0.0941 e. The lowest BCUT2D eigenvalue weighted by Gasteiger charge is -2.09. The molecule has 2 N–H and O–H groups in total. The minimum atomic E-state index is 0.250. The van der Waals surface area contributed by atoms with Crippen LogP contribution in [0.2, 0.25) is 0 Å². The van der Waals surface area contributed by atoms with Crippen LogP contribution in [0, 0.1) is 0 Å². The number of ether oxygens (including phenoxy) is 1. The molecule has 3 nitrogen and oxygen atoms in total. The number of aliphatic imine (C=N–C) groups is 1. The van der Waals surface area contributed by atoms with Crippen LogP contribution in [-0.2, 0) is 4.74 Å². The van der Waals surface area contributed by atoms with Crippen molar-refractivity contribution >= 4 is 5.84 Å². The zero-order valence-corrected chi connectivity index (χ0v) is 7.92. The van der Waals surface area contributed by atoms with E-state index in [1.807, 2.05) is 0 Å². The Morgan fingerprint density at radius 1 is 1.67 bits per heavy atom. The molecule has 0 aromatic heterocycles. The van der Waals surface area contributed by atoms with Crippen LogP contribution >= 0.6 is 0 Å². The Morgan fingerprint density at radius 2 is 2.42 bits per heavy atom. The first kappa shape index (κ1) is 9.52. The number of hydrogen-bond acceptors (Lipinski definition) is 2. The third-order valence-electron chi connectivity index (χ3n) is 2.17. The Kier molecular flexibility index (Phi) is 3.53. The zero-order chi connectivity index (χ0) is 8.97. The van der Waals surface area contributed by atoms with E-state index in [-0.39, 0.29) is 6.10 Å². The van der Waals surface area contributed by atoms with Crippen LogP contribution in [0.4, 0.5) is 0 Å². The highest BCUT2D eigenvalue weighted by molar-refractivity contribution is 5.80. The molecule has 1 aliphatic heterocycles. The van der Waals surface area contributed by atoms with Crippen molar-refractivity contribution in [3.8, 4) is 0 Å². The van der Waals surface area contributed by atoms with E-state index in [0.717, 1.165) is 31.7 Å². The summed E-state index contributed by atoms with van der Waals surface area (Å²) in [7, 11) is 0. The summed E-state index contributed by atoms with van der Waals surface area (Å²) in [6.45, 7) is 4.99. The molecule has 0 spiro atoms. The summed E-state index contributed by atoms with van der Waals surface area (Å²) >= 11 is 0. The van der Waals surface area contributed by atoms with E-state index in [1.165, 1.54) is 0 Å². The smallest absolute Gasteiger partial charge is 0.0941 e. The van der Waals surface area contributed by atoms with Crippen LogP contribution in [0.1, 0.15) is 33.1 Å². The predicted octanol–water partition coefficient (Wildman–Crippen LogP) is 1.32. The number of rotatable bonds is 3. The van der Waals surface area contributed by atoms with Gasteiger partial charge >= 0.3 is 0 Å². The summed E-state index contributed by atoms with van der Waals surface area (Å²) in [6, 6.07) is 0.302. The molecular formula is C9H18N2O. The van der Waals surface area contributed by atoms with Crippen molar-refractivity contribution in [1.82, 2.24) is 0 Å². The monoisotopic (exact) mass is 170 g/mol. The minimum Gasteiger partial charge on any atom is -0.387 e. The second-order valence-corrected chi connectivity index (χ2v) is 3.30. The molecule has 2 unspecified atom stereocenters. The van der Waals surface area contributed by atoms with Gasteiger partial charge in [-0.25, -0.2) is 0 Å². The molecule has 0 aromatic rings. The van der Waals surface area contributed by atoms with E-state index in [0.29, 0.717) is 6.04 Å². The lowest BCUT2D eigenvalue weighted by Crippen LogP contribution is -2.21. The van der Waals surface area contributed by atoms with Gasteiger partial charge in [0.2, 0.25) is 0 Å². The van der Waals surface area contributed by atoms with E-state index in [1.54, 1.807) is 0 Å². The molecule has 0 amide bonds. The summed E-state index contributed by atoms with van der Waals surface area (Å²) in [5, 5.41) is 0. The lowest BCUT2D eigenvalue weighted by molar-refractivity contribution is 0.119. The van der Waals surface area contributed by atoms with Crippen molar-refractivity contribution in [2.45, 2.75) is 45.3 Å². The summed E-state index contributed by atoms with van der Waals surface area (Å²) < 4.78 is 5.38. The molecule has 70 valence electrons. The fourth-order valence-electron chi connectivity index (χ4n) is 1.42. The van der Waals surface area contributed by atoms with Gasteiger partial charge in [0, 0.05) is 13.0 Å². The van der Waals surface area contributed by atoms with Crippen molar-refractivity contribution in [1.29, 1.82) is 0 Å². The van der Waals surface area contributed by atoms with Crippen molar-refractivity contribution in [3.05, 3.63) is 0 Å². The van der Waals surface area contributed by atoms with Crippen LogP contribution in [0.15, 0.2) is 4.99 Å². The van der Waals surface area contributed by atoms with Crippen LogP contribution in [0.25, 0.3) is 0 Å². The second-order valence-electron chi connectivity index (χ2n) is 3.30. The summed E-state index contributed by atoms with van der Waals surface area (Å²) in [4.78, 5) is 4.42. The quantitative estimate of drug-likeness (QED) is 0.513. The maximum absolute atomic E-state index is 5.72. The Bertz CT molecular complexity index is 168. The molecule has 3 heteroatoms. The van der Waals surface area contributed by atoms with Crippen LogP contribution in [-0.4, -0.2) is 24.6 Å². The highest BCUT2D eigenvalue weighted by atomic mass is 16.5. The highest BCUT2D eigenvalue weighted by Gasteiger charge is 2.23. The van der Waals surface area contributed by atoms with Gasteiger partial charge in [-0.3, -0.25) is 4.99 Å². The lowest BCUT2D eigenvalue weighted by atomic mass is 10.2. The third-order valence-corrected chi connectivity index (χ3v) is 2.17. The van der Waals surface area contributed by atoms with Crippen molar-refractivity contribution in [2.75, 3.05) is 6.61 Å². The van der Waals surface area contributed by atoms with E-state index in [2.05, 4.69) is 18.8 Å². The Balaban J connectivity index is 2.42. The van der Waals surface area contributed by atoms with Gasteiger partial charge in [0.1, 0.15) is 0 Å². The van der Waals surface area contributed by atoms with Crippen molar-refractivity contribution < 1.29 is 4.74 Å². The molecule has 1 rings (SSSR count). The Labute approximate surface area is 74.0 Å². The molecule has 1 heterocycles. The first-order valence-electron chi connectivity index (χ1n) is 4.67. The Morgan fingerprint density at radius 3 is 2.92 bits per heavy atom. The average Bonchev–Trinajstić information content (AvgIpc) is 2.37. The maximum atomic E-state index is 5.72. The van der Waals surface area contributed by atoms with Crippen LogP contribution < -0.4 is 5.73 Å². The second kappa shape index (κ2) is 4.45. The van der Waals surface area contributed by atoms with Crippen LogP contribution in [0.5, 0.6) is 0 Å². The normalized spacial score (nSPS) is 31.0. The van der Waals surface area contributed by atoms with E-state index >= 15 is 0 Å². The molecule has 12 heavy (non-hydrogen) atoms. The highest BCUT2D eigenvalue weighted by Crippen LogP contribution is 2.16. The van der Waals surface area contributed by atoms with Crippen molar-refractivity contribution in [2.24, 2.45) is 10.7 Å². The molecule has 0 radical (unpaired) electrons. The van der Waals surface area contributed by atoms with Gasteiger partial charge in [-0.05, 0) is 19.8 Å². The van der Waals surface area contributed by atoms with Gasteiger partial charge in [0.25, 0.3) is 0 Å². The largest absolute Gasteiger partial charge is 0.387 e. The fraction of sp³-hybridized carbons (Fsp3) is 0.889. The molecule has 0 aromatic carbocycles. The van der Waals surface area contributed by atoms with Crippen molar-refractivity contribution in [3.63, 3.8) is 0 Å². The minimum absolute atomic E-state index is 0.250. The predicted molar refractivity (Wildman–Crippen MR) is 50.3 cm³/mol. The summed E-state index contributed by atoms with van der Waals surface area (Å²) in [5.41, 5.74) is 5.72. The van der Waals surface area contributed by atoms with Gasteiger partial charge in [-0.2, -0.15) is 0 Å². The molecule has 2 atom stereocenters. The number of nitrogens with zero attached hydrogens (tertiary/aromatic N) is 1. The standard InChI is InChI=1S/C9H18N2O/c1-3-4-9(10)11-8-5-6-12-7(8)2/h7-8H,3-6H2,1-2H3,(H2,10,11). The van der Waals surface area contributed by atoms with E-state index in [4.69, 9.17) is 10.5 Å². The molecule has 1 saturated heterocycles. The molecule has 0 aliphatic carbocycles. The fourth-order valence-corrected chi connectivity index (χ4v) is 1.42. The van der Waals surface area contributed by atoms with Crippen LogP contribution in [0.3, 0.4) is 0 Å². The molecule has 1 aliphatic rings. The van der Waals surface area contributed by atoms with Gasteiger partial charge < -0.3 is 10.5 Å². The van der Waals surface area contributed by atoms with Gasteiger partial charge in [-0.15, -0.1) is 0 Å². The van der Waals surface area contributed by atoms with E-state index in [9.17, 15) is 0 Å². The number of amidine groups is 1. The first-order valence-corrected chi connectivity index (χ1v) is 4.67. The topological polar surface area (TPSA) is 47.6 Å². The molecular weight excluding hydrogens is 152 g/mol. The molecule has 0 bridgehead atoms. The van der Waals surface area contributed by atoms with Gasteiger partial charge in [0.05, 0.1) is 18.0 Å².